The van der Waals surface area contributed by atoms with Crippen molar-refractivity contribution in [1.29, 1.82) is 0 Å². The SMILES string of the molecule is C[C@@H](C(=O)Nc1ccc(F)cc1)N1CCN(Cc2nc3ccccc3s2)CC1. The highest BCUT2D eigenvalue weighted by atomic mass is 32.1. The number of anilines is 1. The fourth-order valence-electron chi connectivity index (χ4n) is 3.43. The Hall–Kier alpha value is -2.35. The van der Waals surface area contributed by atoms with Gasteiger partial charge in [0.15, 0.2) is 0 Å². The summed E-state index contributed by atoms with van der Waals surface area (Å²) in [6, 6.07) is 13.8. The standard InChI is InChI=1S/C21H23FN4OS/c1-15(21(27)23-17-8-6-16(22)7-9-17)26-12-10-25(11-13-26)14-20-24-18-4-2-3-5-19(18)28-20/h2-9,15H,10-14H2,1H3,(H,23,27)/t15-/m0/s1. The maximum absolute atomic E-state index is 13.0. The minimum absolute atomic E-state index is 0.0637. The molecule has 0 unspecified atom stereocenters. The Morgan fingerprint density at radius 3 is 2.57 bits per heavy atom. The Morgan fingerprint density at radius 2 is 1.86 bits per heavy atom. The number of carbonyl (C=O) groups is 1. The van der Waals surface area contributed by atoms with Gasteiger partial charge in [-0.05, 0) is 43.3 Å². The zero-order chi connectivity index (χ0) is 19.5. The van der Waals surface area contributed by atoms with Crippen LogP contribution in [0.2, 0.25) is 0 Å². The van der Waals surface area contributed by atoms with E-state index >= 15 is 0 Å². The number of nitrogens with zero attached hydrogens (tertiary/aromatic N) is 3. The molecule has 0 spiro atoms. The fraction of sp³-hybridized carbons (Fsp3) is 0.333. The smallest absolute Gasteiger partial charge is 0.241 e. The third-order valence-corrected chi connectivity index (χ3v) is 6.16. The number of para-hydroxylation sites is 1. The van der Waals surface area contributed by atoms with Gasteiger partial charge in [0.2, 0.25) is 5.91 Å². The molecule has 0 radical (unpaired) electrons. The van der Waals surface area contributed by atoms with Crippen molar-refractivity contribution < 1.29 is 9.18 Å². The third-order valence-electron chi connectivity index (χ3n) is 5.14. The van der Waals surface area contributed by atoms with E-state index in [2.05, 4.69) is 27.2 Å². The maximum Gasteiger partial charge on any atom is 0.241 e. The van der Waals surface area contributed by atoms with E-state index in [4.69, 9.17) is 4.98 Å². The summed E-state index contributed by atoms with van der Waals surface area (Å²) >= 11 is 1.75. The summed E-state index contributed by atoms with van der Waals surface area (Å²) in [5.74, 6) is -0.374. The maximum atomic E-state index is 13.0. The summed E-state index contributed by atoms with van der Waals surface area (Å²) in [7, 11) is 0. The molecule has 1 fully saturated rings. The molecule has 28 heavy (non-hydrogen) atoms. The fourth-order valence-corrected chi connectivity index (χ4v) is 4.44. The molecule has 1 aromatic heterocycles. The first kappa shape index (κ1) is 19.0. The number of amides is 1. The predicted octanol–water partition coefficient (Wildman–Crippen LogP) is 3.58. The van der Waals surface area contributed by atoms with Crippen molar-refractivity contribution in [3.63, 3.8) is 0 Å². The van der Waals surface area contributed by atoms with Crippen LogP contribution in [0.3, 0.4) is 0 Å². The van der Waals surface area contributed by atoms with Gasteiger partial charge in [-0.1, -0.05) is 12.1 Å². The quantitative estimate of drug-likeness (QED) is 0.714. The van der Waals surface area contributed by atoms with Gasteiger partial charge in [-0.2, -0.15) is 0 Å². The lowest BCUT2D eigenvalue weighted by atomic mass is 10.2. The number of aromatic nitrogens is 1. The molecule has 1 aliphatic rings. The molecule has 0 saturated carbocycles. The summed E-state index contributed by atoms with van der Waals surface area (Å²) in [6.45, 7) is 6.26. The van der Waals surface area contributed by atoms with Crippen LogP contribution < -0.4 is 5.32 Å². The lowest BCUT2D eigenvalue weighted by molar-refractivity contribution is -0.121. The van der Waals surface area contributed by atoms with Crippen LogP contribution in [0.4, 0.5) is 10.1 Å². The third kappa shape index (κ3) is 4.38. The van der Waals surface area contributed by atoms with E-state index in [0.717, 1.165) is 43.2 Å². The Balaban J connectivity index is 1.29. The van der Waals surface area contributed by atoms with Crippen molar-refractivity contribution in [3.8, 4) is 0 Å². The second kappa shape index (κ2) is 8.34. The van der Waals surface area contributed by atoms with Gasteiger partial charge < -0.3 is 5.32 Å². The van der Waals surface area contributed by atoms with E-state index in [0.29, 0.717) is 5.69 Å². The summed E-state index contributed by atoms with van der Waals surface area (Å²) in [6.07, 6.45) is 0. The van der Waals surface area contributed by atoms with E-state index in [1.165, 1.54) is 16.8 Å². The molecule has 1 atom stereocenters. The Bertz CT molecular complexity index is 917. The van der Waals surface area contributed by atoms with Gasteiger partial charge >= 0.3 is 0 Å². The molecule has 1 saturated heterocycles. The van der Waals surface area contributed by atoms with Crippen LogP contribution in [0.1, 0.15) is 11.9 Å². The van der Waals surface area contributed by atoms with Crippen molar-refractivity contribution >= 4 is 33.1 Å². The number of benzene rings is 2. The number of rotatable bonds is 5. The zero-order valence-electron chi connectivity index (χ0n) is 15.8. The molecule has 146 valence electrons. The van der Waals surface area contributed by atoms with Crippen molar-refractivity contribution in [1.82, 2.24) is 14.8 Å². The molecule has 3 aromatic rings. The molecule has 2 heterocycles. The normalized spacial score (nSPS) is 16.9. The number of nitrogens with one attached hydrogen (secondary N) is 1. The Kier molecular flexibility index (Phi) is 5.66. The van der Waals surface area contributed by atoms with Crippen LogP contribution in [0.5, 0.6) is 0 Å². The van der Waals surface area contributed by atoms with Crippen LogP contribution in [0.15, 0.2) is 48.5 Å². The average Bonchev–Trinajstić information content (AvgIpc) is 3.12. The van der Waals surface area contributed by atoms with Crippen LogP contribution in [0, 0.1) is 5.82 Å². The molecule has 7 heteroatoms. The monoisotopic (exact) mass is 398 g/mol. The van der Waals surface area contributed by atoms with Crippen LogP contribution >= 0.6 is 11.3 Å². The summed E-state index contributed by atoms with van der Waals surface area (Å²) in [5, 5.41) is 4.00. The molecule has 0 aliphatic carbocycles. The van der Waals surface area contributed by atoms with Crippen molar-refractivity contribution in [2.75, 3.05) is 31.5 Å². The number of fused-ring (bicyclic) bond motifs is 1. The molecule has 1 amide bonds. The predicted molar refractivity (Wildman–Crippen MR) is 111 cm³/mol. The molecular weight excluding hydrogens is 375 g/mol. The van der Waals surface area contributed by atoms with Gasteiger partial charge in [0.05, 0.1) is 22.8 Å². The van der Waals surface area contributed by atoms with E-state index in [1.807, 2.05) is 19.1 Å². The lowest BCUT2D eigenvalue weighted by Gasteiger charge is -2.37. The van der Waals surface area contributed by atoms with E-state index in [9.17, 15) is 9.18 Å². The summed E-state index contributed by atoms with van der Waals surface area (Å²) in [4.78, 5) is 21.8. The number of carbonyl (C=O) groups excluding carboxylic acids is 1. The second-order valence-electron chi connectivity index (χ2n) is 7.06. The van der Waals surface area contributed by atoms with Gasteiger partial charge in [0.25, 0.3) is 0 Å². The molecule has 4 rings (SSSR count). The van der Waals surface area contributed by atoms with Crippen LogP contribution in [0.25, 0.3) is 10.2 Å². The molecule has 2 aromatic carbocycles. The number of thiazole rings is 1. The molecular formula is C21H23FN4OS. The minimum atomic E-state index is -0.310. The first-order valence-electron chi connectivity index (χ1n) is 9.46. The van der Waals surface area contributed by atoms with Gasteiger partial charge in [0.1, 0.15) is 10.8 Å². The second-order valence-corrected chi connectivity index (χ2v) is 8.17. The summed E-state index contributed by atoms with van der Waals surface area (Å²) < 4.78 is 14.2. The molecule has 1 N–H and O–H groups in total. The highest BCUT2D eigenvalue weighted by Gasteiger charge is 2.26. The van der Waals surface area contributed by atoms with E-state index < -0.39 is 0 Å². The number of hydrogen-bond acceptors (Lipinski definition) is 5. The highest BCUT2D eigenvalue weighted by molar-refractivity contribution is 7.18. The first-order chi connectivity index (χ1) is 13.6. The summed E-state index contributed by atoms with van der Waals surface area (Å²) in [5.41, 5.74) is 1.68. The van der Waals surface area contributed by atoms with Crippen molar-refractivity contribution in [2.24, 2.45) is 0 Å². The first-order valence-corrected chi connectivity index (χ1v) is 10.3. The van der Waals surface area contributed by atoms with E-state index in [-0.39, 0.29) is 17.8 Å². The number of hydrogen-bond donors (Lipinski definition) is 1. The van der Waals surface area contributed by atoms with Gasteiger partial charge in [-0.3, -0.25) is 14.6 Å². The van der Waals surface area contributed by atoms with Gasteiger partial charge in [0, 0.05) is 31.9 Å². The Labute approximate surface area is 167 Å². The van der Waals surface area contributed by atoms with Gasteiger partial charge in [-0.25, -0.2) is 9.37 Å². The molecule has 5 nitrogen and oxygen atoms in total. The number of halogens is 1. The van der Waals surface area contributed by atoms with Gasteiger partial charge in [-0.15, -0.1) is 11.3 Å². The van der Waals surface area contributed by atoms with E-state index in [1.54, 1.807) is 23.5 Å². The minimum Gasteiger partial charge on any atom is -0.325 e. The topological polar surface area (TPSA) is 48.5 Å². The highest BCUT2D eigenvalue weighted by Crippen LogP contribution is 2.23. The van der Waals surface area contributed by atoms with Crippen LogP contribution in [-0.2, 0) is 11.3 Å². The Morgan fingerprint density at radius 1 is 1.14 bits per heavy atom. The largest absolute Gasteiger partial charge is 0.325 e. The zero-order valence-corrected chi connectivity index (χ0v) is 16.6. The van der Waals surface area contributed by atoms with Crippen molar-refractivity contribution in [3.05, 3.63) is 59.4 Å². The van der Waals surface area contributed by atoms with Crippen LogP contribution in [-0.4, -0.2) is 52.9 Å². The molecule has 0 bridgehead atoms. The lowest BCUT2D eigenvalue weighted by Crippen LogP contribution is -2.52. The molecule has 1 aliphatic heterocycles. The number of piperazine rings is 1. The van der Waals surface area contributed by atoms with Crippen molar-refractivity contribution in [2.45, 2.75) is 19.5 Å². The average molecular weight is 399 g/mol.